The molecule has 0 fully saturated rings. The van der Waals surface area contributed by atoms with Crippen molar-refractivity contribution in [3.05, 3.63) is 192 Å². The Hall–Kier alpha value is -5.80. The van der Waals surface area contributed by atoms with Crippen molar-refractivity contribution in [2.75, 3.05) is 0 Å². The first-order valence-corrected chi connectivity index (χ1v) is 16.3. The second kappa shape index (κ2) is 16.7. The van der Waals surface area contributed by atoms with Crippen LogP contribution in [0.5, 0.6) is 0 Å². The Morgan fingerprint density at radius 1 is 0.771 bits per heavy atom. The lowest BCUT2D eigenvalue weighted by atomic mass is 9.94. The van der Waals surface area contributed by atoms with Crippen molar-refractivity contribution in [2.24, 2.45) is 11.5 Å². The van der Waals surface area contributed by atoms with E-state index in [0.717, 1.165) is 67.2 Å². The zero-order valence-corrected chi connectivity index (χ0v) is 28.7. The molecule has 3 heteroatoms. The highest BCUT2D eigenvalue weighted by molar-refractivity contribution is 5.84. The molecule has 0 radical (unpaired) electrons. The molecular formula is C45H47N3. The molecule has 0 atom stereocenters. The third-order valence-corrected chi connectivity index (χ3v) is 8.66. The molecule has 0 saturated carbocycles. The number of nitrogens with two attached hydrogens (primary N) is 2. The standard InChI is InChI=1S/C45H47N3/c1-8-17-40(30-46)41(31-47)19-16-18-34(9-2)28-44-32(6)33(7)45(48(44)42-20-14-13-15-21-42)43-27-26-39(29-36(43)12-5)38-24-22-37(23-25-38)35(10-3)11-4/h8-17,19-31H,2-3,5,18,46-47H2,1,4,6-7H3/b17-8-,19-16-,34-28+,35-11+,40-30+,41-31+. The number of para-hydroxylation sites is 1. The topological polar surface area (TPSA) is 57.0 Å². The molecule has 0 aliphatic carbocycles. The minimum atomic E-state index is 0.677. The van der Waals surface area contributed by atoms with Gasteiger partial charge in [0.05, 0.1) is 5.69 Å². The Morgan fingerprint density at radius 3 is 2.02 bits per heavy atom. The maximum Gasteiger partial charge on any atom is 0.0572 e. The number of hydrogen-bond donors (Lipinski definition) is 2. The summed E-state index contributed by atoms with van der Waals surface area (Å²) >= 11 is 0. The molecule has 3 nitrogen and oxygen atoms in total. The maximum atomic E-state index is 5.93. The predicted molar refractivity (Wildman–Crippen MR) is 211 cm³/mol. The molecule has 0 unspecified atom stereocenters. The van der Waals surface area contributed by atoms with Crippen LogP contribution in [0.1, 0.15) is 48.2 Å². The van der Waals surface area contributed by atoms with Gasteiger partial charge in [0.1, 0.15) is 0 Å². The van der Waals surface area contributed by atoms with Crippen LogP contribution >= 0.6 is 0 Å². The number of benzene rings is 3. The van der Waals surface area contributed by atoms with Crippen molar-refractivity contribution in [3.63, 3.8) is 0 Å². The Labute approximate surface area is 287 Å². The highest BCUT2D eigenvalue weighted by Crippen LogP contribution is 2.39. The summed E-state index contributed by atoms with van der Waals surface area (Å²) in [5.41, 5.74) is 27.1. The molecule has 4 N–H and O–H groups in total. The fourth-order valence-electron chi connectivity index (χ4n) is 5.92. The fourth-order valence-corrected chi connectivity index (χ4v) is 5.92. The Balaban J connectivity index is 1.83. The van der Waals surface area contributed by atoms with E-state index in [1.807, 2.05) is 56.4 Å². The highest BCUT2D eigenvalue weighted by atomic mass is 15.0. The van der Waals surface area contributed by atoms with Gasteiger partial charge in [0, 0.05) is 29.3 Å². The minimum Gasteiger partial charge on any atom is -0.404 e. The summed E-state index contributed by atoms with van der Waals surface area (Å²) in [5.74, 6) is 0. The summed E-state index contributed by atoms with van der Waals surface area (Å²) in [4.78, 5) is 0. The highest BCUT2D eigenvalue weighted by Gasteiger charge is 2.21. The van der Waals surface area contributed by atoms with Gasteiger partial charge in [-0.05, 0) is 114 Å². The molecule has 48 heavy (non-hydrogen) atoms. The van der Waals surface area contributed by atoms with E-state index in [1.54, 1.807) is 12.4 Å². The molecule has 1 heterocycles. The molecule has 0 bridgehead atoms. The largest absolute Gasteiger partial charge is 0.404 e. The van der Waals surface area contributed by atoms with E-state index < -0.39 is 0 Å². The fraction of sp³-hybridized carbons (Fsp3) is 0.111. The smallest absolute Gasteiger partial charge is 0.0572 e. The number of nitrogens with zero attached hydrogens (tertiary/aromatic N) is 1. The SMILES string of the molecule is C=C/C(=C\c1c(C)c(C)c(-c2ccc(-c3ccc(/C(C=C)=C/C)cc3)cc2C=C)n1-c1ccccc1)C\C=C/C(=C\N)C(/C=C\C)=C/N. The van der Waals surface area contributed by atoms with Crippen LogP contribution in [0.15, 0.2) is 164 Å². The molecule has 0 amide bonds. The van der Waals surface area contributed by atoms with Gasteiger partial charge in [-0.15, -0.1) is 0 Å². The average molecular weight is 630 g/mol. The van der Waals surface area contributed by atoms with Gasteiger partial charge in [0.15, 0.2) is 0 Å². The van der Waals surface area contributed by atoms with Crippen LogP contribution in [0.4, 0.5) is 0 Å². The van der Waals surface area contributed by atoms with Crippen LogP contribution in [0, 0.1) is 13.8 Å². The summed E-state index contributed by atoms with van der Waals surface area (Å²) in [6, 6.07) is 25.8. The maximum absolute atomic E-state index is 5.93. The number of hydrogen-bond acceptors (Lipinski definition) is 2. The molecule has 1 aromatic heterocycles. The summed E-state index contributed by atoms with van der Waals surface area (Å²) in [6.07, 6.45) is 21.9. The van der Waals surface area contributed by atoms with Gasteiger partial charge in [0.2, 0.25) is 0 Å². The van der Waals surface area contributed by atoms with Crippen molar-refractivity contribution in [2.45, 2.75) is 34.1 Å². The average Bonchev–Trinajstić information content (AvgIpc) is 3.37. The van der Waals surface area contributed by atoms with Crippen LogP contribution in [-0.2, 0) is 0 Å². The third-order valence-electron chi connectivity index (χ3n) is 8.66. The molecule has 0 aliphatic rings. The van der Waals surface area contributed by atoms with Gasteiger partial charge >= 0.3 is 0 Å². The van der Waals surface area contributed by atoms with Crippen LogP contribution < -0.4 is 11.5 Å². The Morgan fingerprint density at radius 2 is 1.44 bits per heavy atom. The third kappa shape index (κ3) is 7.59. The van der Waals surface area contributed by atoms with Gasteiger partial charge in [-0.1, -0.05) is 123 Å². The van der Waals surface area contributed by atoms with Crippen LogP contribution in [0.2, 0.25) is 0 Å². The summed E-state index contributed by atoms with van der Waals surface area (Å²) in [5, 5.41) is 0. The van der Waals surface area contributed by atoms with Crippen molar-refractivity contribution >= 4 is 17.7 Å². The van der Waals surface area contributed by atoms with E-state index >= 15 is 0 Å². The zero-order chi connectivity index (χ0) is 34.6. The van der Waals surface area contributed by atoms with E-state index in [2.05, 4.69) is 123 Å². The molecular weight excluding hydrogens is 583 g/mol. The molecule has 4 aromatic rings. The van der Waals surface area contributed by atoms with E-state index in [1.165, 1.54) is 11.1 Å². The van der Waals surface area contributed by atoms with E-state index in [4.69, 9.17) is 11.5 Å². The van der Waals surface area contributed by atoms with E-state index in [0.29, 0.717) is 6.42 Å². The zero-order valence-electron chi connectivity index (χ0n) is 28.7. The van der Waals surface area contributed by atoms with Gasteiger partial charge in [-0.2, -0.15) is 0 Å². The van der Waals surface area contributed by atoms with Crippen LogP contribution in [0.3, 0.4) is 0 Å². The number of allylic oxidation sites excluding steroid dienone is 11. The monoisotopic (exact) mass is 629 g/mol. The first-order chi connectivity index (χ1) is 23.3. The van der Waals surface area contributed by atoms with Crippen molar-refractivity contribution in [1.82, 2.24) is 4.57 Å². The van der Waals surface area contributed by atoms with Crippen LogP contribution in [0.25, 0.3) is 45.8 Å². The molecule has 242 valence electrons. The second-order valence-corrected chi connectivity index (χ2v) is 11.5. The Kier molecular flexibility index (Phi) is 12.2. The van der Waals surface area contributed by atoms with Gasteiger partial charge in [-0.25, -0.2) is 0 Å². The van der Waals surface area contributed by atoms with Crippen molar-refractivity contribution in [1.29, 1.82) is 0 Å². The lowest BCUT2D eigenvalue weighted by molar-refractivity contribution is 1.06. The lowest BCUT2D eigenvalue weighted by Gasteiger charge is -2.17. The second-order valence-electron chi connectivity index (χ2n) is 11.5. The summed E-state index contributed by atoms with van der Waals surface area (Å²) < 4.78 is 2.36. The molecule has 0 aliphatic heterocycles. The predicted octanol–water partition coefficient (Wildman–Crippen LogP) is 11.4. The van der Waals surface area contributed by atoms with Crippen LogP contribution in [-0.4, -0.2) is 4.57 Å². The molecule has 0 spiro atoms. The first kappa shape index (κ1) is 35.1. The summed E-state index contributed by atoms with van der Waals surface area (Å²) in [7, 11) is 0. The van der Waals surface area contributed by atoms with Crippen molar-refractivity contribution in [3.8, 4) is 28.1 Å². The number of aromatic nitrogens is 1. The number of rotatable bonds is 13. The van der Waals surface area contributed by atoms with E-state index in [-0.39, 0.29) is 0 Å². The minimum absolute atomic E-state index is 0.677. The lowest BCUT2D eigenvalue weighted by Crippen LogP contribution is -2.01. The van der Waals surface area contributed by atoms with E-state index in [9.17, 15) is 0 Å². The van der Waals surface area contributed by atoms with Gasteiger partial charge in [-0.3, -0.25) is 0 Å². The van der Waals surface area contributed by atoms with Gasteiger partial charge < -0.3 is 16.0 Å². The normalized spacial score (nSPS) is 13.0. The van der Waals surface area contributed by atoms with Gasteiger partial charge in [0.25, 0.3) is 0 Å². The molecule has 4 rings (SSSR count). The molecule has 0 saturated heterocycles. The van der Waals surface area contributed by atoms with Crippen molar-refractivity contribution < 1.29 is 0 Å². The Bertz CT molecular complexity index is 1970. The summed E-state index contributed by atoms with van der Waals surface area (Å²) in [6.45, 7) is 20.7. The quantitative estimate of drug-likeness (QED) is 0.145. The first-order valence-electron chi connectivity index (χ1n) is 16.3. The molecule has 3 aromatic carbocycles.